The van der Waals surface area contributed by atoms with Crippen LogP contribution in [0.3, 0.4) is 0 Å². The van der Waals surface area contributed by atoms with Crippen molar-refractivity contribution in [3.63, 3.8) is 0 Å². The number of aliphatic hydroxyl groups excluding tert-OH is 1. The van der Waals surface area contributed by atoms with Crippen LogP contribution in [-0.2, 0) is 0 Å². The van der Waals surface area contributed by atoms with Crippen molar-refractivity contribution in [2.45, 2.75) is 12.8 Å². The van der Waals surface area contributed by atoms with E-state index in [1.807, 2.05) is 0 Å². The molecule has 1 fully saturated rings. The fourth-order valence-electron chi connectivity index (χ4n) is 2.15. The lowest BCUT2D eigenvalue weighted by Crippen LogP contribution is -2.29. The quantitative estimate of drug-likeness (QED) is 0.868. The number of carbonyl (C=O) groups excluding carboxylic acids is 1. The first-order valence-electron chi connectivity index (χ1n) is 5.84. The second-order valence-corrected chi connectivity index (χ2v) is 5.18. The molecular formula is C12H14Cl2N2O2. The fourth-order valence-corrected chi connectivity index (χ4v) is 2.49. The molecule has 0 aliphatic carbocycles. The van der Waals surface area contributed by atoms with Crippen LogP contribution in [0.25, 0.3) is 0 Å². The molecular weight excluding hydrogens is 275 g/mol. The van der Waals surface area contributed by atoms with E-state index in [0.29, 0.717) is 24.0 Å². The summed E-state index contributed by atoms with van der Waals surface area (Å²) in [6.45, 7) is 1.47. The number of likely N-dealkylation sites (tertiary alicyclic amines) is 1. The van der Waals surface area contributed by atoms with Crippen LogP contribution < -0.4 is 0 Å². The Labute approximate surface area is 116 Å². The van der Waals surface area contributed by atoms with Crippen LogP contribution in [-0.4, -0.2) is 40.6 Å². The fraction of sp³-hybridized carbons (Fsp3) is 0.500. The molecule has 1 saturated heterocycles. The summed E-state index contributed by atoms with van der Waals surface area (Å²) in [5.41, 5.74) is 0.203. The number of hydrogen-bond donors (Lipinski definition) is 1. The lowest BCUT2D eigenvalue weighted by atomic mass is 10.1. The van der Waals surface area contributed by atoms with Gasteiger partial charge in [-0.25, -0.2) is 4.98 Å². The molecule has 1 aliphatic heterocycles. The SMILES string of the molecule is O=C(c1nc(Cl)ccc1Cl)N1CCC(CCO)C1. The van der Waals surface area contributed by atoms with E-state index in [1.165, 1.54) is 0 Å². The molecule has 4 nitrogen and oxygen atoms in total. The predicted molar refractivity (Wildman–Crippen MR) is 70.0 cm³/mol. The molecule has 0 bridgehead atoms. The molecule has 6 heteroatoms. The molecule has 0 radical (unpaired) electrons. The zero-order valence-corrected chi connectivity index (χ0v) is 11.3. The average Bonchev–Trinajstić information content (AvgIpc) is 2.80. The Balaban J connectivity index is 2.10. The molecule has 0 aromatic carbocycles. The Morgan fingerprint density at radius 3 is 3.00 bits per heavy atom. The maximum Gasteiger partial charge on any atom is 0.274 e. The third-order valence-electron chi connectivity index (χ3n) is 3.13. The van der Waals surface area contributed by atoms with Gasteiger partial charge in [-0.1, -0.05) is 23.2 Å². The van der Waals surface area contributed by atoms with Gasteiger partial charge in [0.2, 0.25) is 0 Å². The van der Waals surface area contributed by atoms with E-state index < -0.39 is 0 Å². The standard InChI is InChI=1S/C12H14Cl2N2O2/c13-9-1-2-10(14)15-11(9)12(18)16-5-3-8(7-16)4-6-17/h1-2,8,17H,3-7H2. The van der Waals surface area contributed by atoms with Gasteiger partial charge >= 0.3 is 0 Å². The summed E-state index contributed by atoms with van der Waals surface area (Å²) in [7, 11) is 0. The molecule has 18 heavy (non-hydrogen) atoms. The molecule has 1 aromatic rings. The van der Waals surface area contributed by atoms with E-state index in [4.69, 9.17) is 28.3 Å². The van der Waals surface area contributed by atoms with Gasteiger partial charge in [0.25, 0.3) is 5.91 Å². The molecule has 1 atom stereocenters. The zero-order valence-electron chi connectivity index (χ0n) is 9.77. The van der Waals surface area contributed by atoms with Crippen molar-refractivity contribution >= 4 is 29.1 Å². The Morgan fingerprint density at radius 1 is 1.50 bits per heavy atom. The summed E-state index contributed by atoms with van der Waals surface area (Å²) >= 11 is 11.7. The minimum atomic E-state index is -0.192. The van der Waals surface area contributed by atoms with Gasteiger partial charge in [0, 0.05) is 19.7 Å². The third-order valence-corrected chi connectivity index (χ3v) is 3.64. The summed E-state index contributed by atoms with van der Waals surface area (Å²) in [6.07, 6.45) is 1.63. The monoisotopic (exact) mass is 288 g/mol. The highest BCUT2D eigenvalue weighted by molar-refractivity contribution is 6.34. The number of nitrogens with zero attached hydrogens (tertiary/aromatic N) is 2. The Hall–Kier alpha value is -0.840. The second-order valence-electron chi connectivity index (χ2n) is 4.38. The van der Waals surface area contributed by atoms with Crippen LogP contribution in [0.5, 0.6) is 0 Å². The Kier molecular flexibility index (Phi) is 4.43. The summed E-state index contributed by atoms with van der Waals surface area (Å²) in [5.74, 6) is 0.167. The van der Waals surface area contributed by atoms with E-state index in [1.54, 1.807) is 17.0 Å². The molecule has 2 rings (SSSR count). The van der Waals surface area contributed by atoms with E-state index >= 15 is 0 Å². The van der Waals surface area contributed by atoms with Gasteiger partial charge in [0.05, 0.1) is 5.02 Å². The number of amides is 1. The molecule has 0 spiro atoms. The van der Waals surface area contributed by atoms with Crippen molar-refractivity contribution < 1.29 is 9.90 Å². The number of aliphatic hydroxyl groups is 1. The smallest absolute Gasteiger partial charge is 0.274 e. The molecule has 1 unspecified atom stereocenters. The van der Waals surface area contributed by atoms with Gasteiger partial charge in [0.15, 0.2) is 0 Å². The second kappa shape index (κ2) is 5.87. The van der Waals surface area contributed by atoms with Gasteiger partial charge < -0.3 is 10.0 Å². The summed E-state index contributed by atoms with van der Waals surface area (Å²) < 4.78 is 0. The number of rotatable bonds is 3. The first-order chi connectivity index (χ1) is 8.61. The number of pyridine rings is 1. The number of aromatic nitrogens is 1. The summed E-state index contributed by atoms with van der Waals surface area (Å²) in [4.78, 5) is 17.9. The van der Waals surface area contributed by atoms with Crippen molar-refractivity contribution in [2.24, 2.45) is 5.92 Å². The first kappa shape index (κ1) is 13.6. The van der Waals surface area contributed by atoms with E-state index in [9.17, 15) is 4.79 Å². The minimum absolute atomic E-state index is 0.156. The van der Waals surface area contributed by atoms with Gasteiger partial charge in [-0.3, -0.25) is 4.79 Å². The molecule has 1 N–H and O–H groups in total. The Morgan fingerprint density at radius 2 is 2.28 bits per heavy atom. The van der Waals surface area contributed by atoms with Gasteiger partial charge in [-0.15, -0.1) is 0 Å². The van der Waals surface area contributed by atoms with Crippen molar-refractivity contribution in [3.05, 3.63) is 28.0 Å². The largest absolute Gasteiger partial charge is 0.396 e. The normalized spacial score (nSPS) is 19.3. The highest BCUT2D eigenvalue weighted by Gasteiger charge is 2.28. The van der Waals surface area contributed by atoms with Crippen LogP contribution in [0.2, 0.25) is 10.2 Å². The number of halogens is 2. The molecule has 1 aromatic heterocycles. The Bertz CT molecular complexity index is 454. The van der Waals surface area contributed by atoms with E-state index in [-0.39, 0.29) is 23.4 Å². The van der Waals surface area contributed by atoms with Crippen LogP contribution in [0, 0.1) is 5.92 Å². The van der Waals surface area contributed by atoms with E-state index in [0.717, 1.165) is 12.8 Å². The molecule has 1 amide bonds. The molecule has 98 valence electrons. The van der Waals surface area contributed by atoms with Crippen LogP contribution in [0.15, 0.2) is 12.1 Å². The maximum absolute atomic E-state index is 12.2. The van der Waals surface area contributed by atoms with Crippen molar-refractivity contribution in [1.29, 1.82) is 0 Å². The number of carbonyl (C=O) groups is 1. The van der Waals surface area contributed by atoms with Crippen molar-refractivity contribution in [2.75, 3.05) is 19.7 Å². The predicted octanol–water partition coefficient (Wildman–Crippen LogP) is 2.23. The van der Waals surface area contributed by atoms with Crippen molar-refractivity contribution in [1.82, 2.24) is 9.88 Å². The third kappa shape index (κ3) is 2.94. The molecule has 0 saturated carbocycles. The first-order valence-corrected chi connectivity index (χ1v) is 6.59. The van der Waals surface area contributed by atoms with Crippen LogP contribution in [0.1, 0.15) is 23.3 Å². The maximum atomic E-state index is 12.2. The summed E-state index contributed by atoms with van der Waals surface area (Å²) in [5, 5.41) is 9.47. The van der Waals surface area contributed by atoms with Crippen molar-refractivity contribution in [3.8, 4) is 0 Å². The lowest BCUT2D eigenvalue weighted by Gasteiger charge is -2.16. The van der Waals surface area contributed by atoms with Gasteiger partial charge in [-0.05, 0) is 30.9 Å². The average molecular weight is 289 g/mol. The van der Waals surface area contributed by atoms with E-state index in [2.05, 4.69) is 4.98 Å². The minimum Gasteiger partial charge on any atom is -0.396 e. The topological polar surface area (TPSA) is 53.4 Å². The zero-order chi connectivity index (χ0) is 13.1. The lowest BCUT2D eigenvalue weighted by molar-refractivity contribution is 0.0779. The van der Waals surface area contributed by atoms with Crippen LogP contribution >= 0.6 is 23.2 Å². The summed E-state index contributed by atoms with van der Waals surface area (Å²) in [6, 6.07) is 3.13. The highest BCUT2D eigenvalue weighted by atomic mass is 35.5. The molecule has 2 heterocycles. The number of hydrogen-bond acceptors (Lipinski definition) is 3. The molecule has 1 aliphatic rings. The van der Waals surface area contributed by atoms with Gasteiger partial charge in [0.1, 0.15) is 10.8 Å². The van der Waals surface area contributed by atoms with Crippen LogP contribution in [0.4, 0.5) is 0 Å². The highest BCUT2D eigenvalue weighted by Crippen LogP contribution is 2.24. The van der Waals surface area contributed by atoms with Gasteiger partial charge in [-0.2, -0.15) is 0 Å².